The highest BCUT2D eigenvalue weighted by Gasteiger charge is 2.12. The summed E-state index contributed by atoms with van der Waals surface area (Å²) < 4.78 is 3.40. The average molecular weight is 311 g/mol. The van der Waals surface area contributed by atoms with Crippen molar-refractivity contribution < 1.29 is 0 Å². The minimum Gasteiger partial charge on any atom is -0.295 e. The van der Waals surface area contributed by atoms with Crippen LogP contribution >= 0.6 is 15.9 Å². The highest BCUT2D eigenvalue weighted by atomic mass is 79.9. The molecule has 0 aliphatic rings. The molecule has 98 valence electrons. The van der Waals surface area contributed by atoms with E-state index in [4.69, 9.17) is 0 Å². The zero-order chi connectivity index (χ0) is 13.3. The molecule has 1 atom stereocenters. The third-order valence-electron chi connectivity index (χ3n) is 3.47. The molecular weight excluding hydrogens is 292 g/mol. The summed E-state index contributed by atoms with van der Waals surface area (Å²) in [6.45, 7) is 2.20. The molecular formula is C14H19BrN2O. The summed E-state index contributed by atoms with van der Waals surface area (Å²) in [5, 5.41) is 0. The van der Waals surface area contributed by atoms with Crippen LogP contribution < -0.4 is 5.69 Å². The Bertz CT molecular complexity index is 612. The predicted molar refractivity (Wildman–Crippen MR) is 79.4 cm³/mol. The number of imidazole rings is 1. The molecule has 1 heterocycles. The molecule has 0 amide bonds. The van der Waals surface area contributed by atoms with Gasteiger partial charge in [0.05, 0.1) is 11.0 Å². The van der Waals surface area contributed by atoms with Gasteiger partial charge in [-0.15, -0.1) is 0 Å². The van der Waals surface area contributed by atoms with E-state index in [1.54, 1.807) is 9.13 Å². The van der Waals surface area contributed by atoms with Gasteiger partial charge in [-0.05, 0) is 24.1 Å². The van der Waals surface area contributed by atoms with E-state index in [9.17, 15) is 4.79 Å². The Morgan fingerprint density at radius 3 is 2.56 bits per heavy atom. The van der Waals surface area contributed by atoms with Crippen LogP contribution in [0.1, 0.15) is 36.6 Å². The lowest BCUT2D eigenvalue weighted by Gasteiger charge is -2.10. The molecule has 0 aliphatic heterocycles. The zero-order valence-electron chi connectivity index (χ0n) is 11.1. The van der Waals surface area contributed by atoms with Crippen molar-refractivity contribution >= 4 is 27.0 Å². The molecule has 4 heteroatoms. The standard InChI is InChI=1S/C14H19BrN2O/c1-4-5-6-11(15)10-7-8-12-13(9-10)17(3)14(18)16(12)2/h7-9,11H,4-6H2,1-3H3. The van der Waals surface area contributed by atoms with Crippen LogP contribution in [0.3, 0.4) is 0 Å². The fraction of sp³-hybridized carbons (Fsp3) is 0.500. The van der Waals surface area contributed by atoms with E-state index in [1.165, 1.54) is 18.4 Å². The number of hydrogen-bond acceptors (Lipinski definition) is 1. The van der Waals surface area contributed by atoms with Crippen LogP contribution in [0.25, 0.3) is 11.0 Å². The zero-order valence-corrected chi connectivity index (χ0v) is 12.7. The van der Waals surface area contributed by atoms with Crippen LogP contribution in [0, 0.1) is 0 Å². The summed E-state index contributed by atoms with van der Waals surface area (Å²) >= 11 is 3.73. The van der Waals surface area contributed by atoms with Gasteiger partial charge < -0.3 is 0 Å². The first-order valence-corrected chi connectivity index (χ1v) is 7.27. The molecule has 18 heavy (non-hydrogen) atoms. The summed E-state index contributed by atoms with van der Waals surface area (Å²) in [6, 6.07) is 6.26. The van der Waals surface area contributed by atoms with Crippen LogP contribution in [0.4, 0.5) is 0 Å². The van der Waals surface area contributed by atoms with E-state index < -0.39 is 0 Å². The van der Waals surface area contributed by atoms with Crippen LogP contribution in [-0.2, 0) is 14.1 Å². The third kappa shape index (κ3) is 2.26. The van der Waals surface area contributed by atoms with Crippen molar-refractivity contribution in [3.63, 3.8) is 0 Å². The van der Waals surface area contributed by atoms with Crippen LogP contribution in [0.15, 0.2) is 23.0 Å². The Labute approximate surface area is 116 Å². The van der Waals surface area contributed by atoms with Crippen LogP contribution in [0.2, 0.25) is 0 Å². The lowest BCUT2D eigenvalue weighted by Crippen LogP contribution is -2.19. The Morgan fingerprint density at radius 2 is 1.89 bits per heavy atom. The van der Waals surface area contributed by atoms with E-state index in [1.807, 2.05) is 20.2 Å². The average Bonchev–Trinajstić information content (AvgIpc) is 2.61. The van der Waals surface area contributed by atoms with Crippen molar-refractivity contribution in [2.24, 2.45) is 14.1 Å². The van der Waals surface area contributed by atoms with E-state index in [0.717, 1.165) is 17.5 Å². The summed E-state index contributed by atoms with van der Waals surface area (Å²) in [6.07, 6.45) is 3.54. The third-order valence-corrected chi connectivity index (χ3v) is 4.46. The second kappa shape index (κ2) is 5.31. The fourth-order valence-corrected chi connectivity index (χ4v) is 2.88. The maximum absolute atomic E-state index is 11.9. The first-order chi connectivity index (χ1) is 8.56. The van der Waals surface area contributed by atoms with E-state index in [2.05, 4.69) is 35.0 Å². The molecule has 1 aromatic heterocycles. The van der Waals surface area contributed by atoms with Crippen molar-refractivity contribution in [2.45, 2.75) is 31.0 Å². The molecule has 0 saturated heterocycles. The second-order valence-corrected chi connectivity index (χ2v) is 5.86. The van der Waals surface area contributed by atoms with Gasteiger partial charge in [0.1, 0.15) is 0 Å². The van der Waals surface area contributed by atoms with Crippen molar-refractivity contribution in [2.75, 3.05) is 0 Å². The fourth-order valence-electron chi connectivity index (χ4n) is 2.27. The highest BCUT2D eigenvalue weighted by molar-refractivity contribution is 9.09. The molecule has 0 spiro atoms. The summed E-state index contributed by atoms with van der Waals surface area (Å²) in [4.78, 5) is 12.2. The van der Waals surface area contributed by atoms with E-state index >= 15 is 0 Å². The smallest absolute Gasteiger partial charge is 0.295 e. The number of halogens is 1. The molecule has 0 bridgehead atoms. The van der Waals surface area contributed by atoms with Gasteiger partial charge in [0.25, 0.3) is 0 Å². The molecule has 0 N–H and O–H groups in total. The summed E-state index contributed by atoms with van der Waals surface area (Å²) in [7, 11) is 3.64. The number of hydrogen-bond donors (Lipinski definition) is 0. The SMILES string of the molecule is CCCCC(Br)c1ccc2c(c1)n(C)c(=O)n2C. The Kier molecular flexibility index (Phi) is 3.95. The molecule has 0 fully saturated rings. The van der Waals surface area contributed by atoms with Crippen LogP contribution in [0.5, 0.6) is 0 Å². The van der Waals surface area contributed by atoms with Crippen molar-refractivity contribution in [1.29, 1.82) is 0 Å². The number of aryl methyl sites for hydroxylation is 2. The molecule has 0 saturated carbocycles. The largest absolute Gasteiger partial charge is 0.328 e. The summed E-state index contributed by atoms with van der Waals surface area (Å²) in [5.41, 5.74) is 3.27. The maximum atomic E-state index is 11.9. The van der Waals surface area contributed by atoms with Gasteiger partial charge in [-0.1, -0.05) is 41.8 Å². The van der Waals surface area contributed by atoms with Gasteiger partial charge in [0.2, 0.25) is 0 Å². The van der Waals surface area contributed by atoms with E-state index in [0.29, 0.717) is 4.83 Å². The monoisotopic (exact) mass is 310 g/mol. The van der Waals surface area contributed by atoms with Gasteiger partial charge in [-0.2, -0.15) is 0 Å². The number of aromatic nitrogens is 2. The first-order valence-electron chi connectivity index (χ1n) is 6.35. The molecule has 0 aliphatic carbocycles. The minimum atomic E-state index is 0.0295. The van der Waals surface area contributed by atoms with Gasteiger partial charge in [0.15, 0.2) is 0 Å². The molecule has 2 rings (SSSR count). The van der Waals surface area contributed by atoms with Crippen LogP contribution in [-0.4, -0.2) is 9.13 Å². The number of benzene rings is 1. The molecule has 3 nitrogen and oxygen atoms in total. The Hall–Kier alpha value is -1.03. The first kappa shape index (κ1) is 13.4. The van der Waals surface area contributed by atoms with Gasteiger partial charge in [-0.25, -0.2) is 4.79 Å². The topological polar surface area (TPSA) is 26.9 Å². The molecule has 1 aromatic carbocycles. The second-order valence-electron chi connectivity index (χ2n) is 4.76. The molecule has 1 unspecified atom stereocenters. The molecule has 0 radical (unpaired) electrons. The quantitative estimate of drug-likeness (QED) is 0.794. The Balaban J connectivity index is 2.44. The normalized spacial score (nSPS) is 13.1. The number of unbranched alkanes of at least 4 members (excludes halogenated alkanes) is 1. The van der Waals surface area contributed by atoms with Gasteiger partial charge >= 0.3 is 5.69 Å². The minimum absolute atomic E-state index is 0.0295. The molecule has 2 aromatic rings. The van der Waals surface area contributed by atoms with Crippen molar-refractivity contribution in [3.8, 4) is 0 Å². The maximum Gasteiger partial charge on any atom is 0.328 e. The van der Waals surface area contributed by atoms with Crippen molar-refractivity contribution in [1.82, 2.24) is 9.13 Å². The summed E-state index contributed by atoms with van der Waals surface area (Å²) in [5.74, 6) is 0. The lowest BCUT2D eigenvalue weighted by molar-refractivity contribution is 0.713. The number of rotatable bonds is 4. The van der Waals surface area contributed by atoms with E-state index in [-0.39, 0.29) is 5.69 Å². The van der Waals surface area contributed by atoms with Crippen molar-refractivity contribution in [3.05, 3.63) is 34.2 Å². The number of alkyl halides is 1. The highest BCUT2D eigenvalue weighted by Crippen LogP contribution is 2.30. The predicted octanol–water partition coefficient (Wildman–Crippen LogP) is 3.50. The number of fused-ring (bicyclic) bond motifs is 1. The Morgan fingerprint density at radius 1 is 1.22 bits per heavy atom. The van der Waals surface area contributed by atoms with Gasteiger partial charge in [-0.3, -0.25) is 9.13 Å². The van der Waals surface area contributed by atoms with Gasteiger partial charge in [0, 0.05) is 18.9 Å². The lowest BCUT2D eigenvalue weighted by atomic mass is 10.1. The number of nitrogens with zero attached hydrogens (tertiary/aromatic N) is 2.